The van der Waals surface area contributed by atoms with E-state index in [-0.39, 0.29) is 5.91 Å². The Hall–Kier alpha value is -2.98. The van der Waals surface area contributed by atoms with Crippen LogP contribution in [-0.4, -0.2) is 10.9 Å². The molecular weight excluding hydrogens is 376 g/mol. The number of aromatic nitrogens is 1. The molecule has 4 rings (SSSR count). The van der Waals surface area contributed by atoms with Gasteiger partial charge < -0.3 is 0 Å². The smallest absolute Gasteiger partial charge is 0.260 e. The summed E-state index contributed by atoms with van der Waals surface area (Å²) in [6, 6.07) is 20.2. The molecule has 0 aliphatic carbocycles. The molecule has 0 aliphatic rings. The van der Waals surface area contributed by atoms with Crippen molar-refractivity contribution in [2.75, 3.05) is 4.90 Å². The molecule has 1 aromatic heterocycles. The van der Waals surface area contributed by atoms with Crippen LogP contribution in [0.4, 0.5) is 5.13 Å². The molecule has 4 aromatic rings. The van der Waals surface area contributed by atoms with Gasteiger partial charge in [-0.3, -0.25) is 9.69 Å². The van der Waals surface area contributed by atoms with E-state index in [1.807, 2.05) is 55.5 Å². The van der Waals surface area contributed by atoms with E-state index >= 15 is 0 Å². The summed E-state index contributed by atoms with van der Waals surface area (Å²) in [7, 11) is 0. The van der Waals surface area contributed by atoms with E-state index in [0.717, 1.165) is 26.5 Å². The van der Waals surface area contributed by atoms with Gasteiger partial charge in [0.15, 0.2) is 5.13 Å². The maximum atomic E-state index is 13.5. The number of aryl methyl sites for hydroxylation is 4. The zero-order valence-corrected chi connectivity index (χ0v) is 18.0. The fraction of sp³-hybridized carbons (Fsp3) is 0.200. The molecule has 0 saturated heterocycles. The standard InChI is InChI=1S/C25H24N2OS/c1-16-12-19(4)23-22(13-16)26-25(29-23)27(15-20-8-6-5-7-9-20)24(28)21-11-10-17(2)18(3)14-21/h5-14H,15H2,1-4H3. The van der Waals surface area contributed by atoms with Crippen molar-refractivity contribution < 1.29 is 4.79 Å². The Bertz CT molecular complexity index is 1190. The number of anilines is 1. The predicted octanol–water partition coefficient (Wildman–Crippen LogP) is 6.38. The molecule has 0 spiro atoms. The van der Waals surface area contributed by atoms with Gasteiger partial charge in [-0.25, -0.2) is 4.98 Å². The number of hydrogen-bond donors (Lipinski definition) is 0. The molecule has 29 heavy (non-hydrogen) atoms. The van der Waals surface area contributed by atoms with Crippen molar-refractivity contribution in [3.05, 3.63) is 94.0 Å². The van der Waals surface area contributed by atoms with Gasteiger partial charge in [0.2, 0.25) is 0 Å². The fourth-order valence-corrected chi connectivity index (χ4v) is 4.52. The van der Waals surface area contributed by atoms with E-state index < -0.39 is 0 Å². The molecule has 0 atom stereocenters. The molecule has 1 amide bonds. The fourth-order valence-electron chi connectivity index (χ4n) is 3.50. The Morgan fingerprint density at radius 3 is 2.38 bits per heavy atom. The van der Waals surface area contributed by atoms with Crippen LogP contribution in [0.1, 0.15) is 38.2 Å². The number of carbonyl (C=O) groups is 1. The summed E-state index contributed by atoms with van der Waals surface area (Å²) in [4.78, 5) is 20.2. The molecule has 0 bridgehead atoms. The van der Waals surface area contributed by atoms with Crippen molar-refractivity contribution in [1.82, 2.24) is 4.98 Å². The van der Waals surface area contributed by atoms with E-state index in [1.165, 1.54) is 16.7 Å². The van der Waals surface area contributed by atoms with Crippen molar-refractivity contribution >= 4 is 32.6 Å². The molecule has 0 radical (unpaired) electrons. The number of amides is 1. The summed E-state index contributed by atoms with van der Waals surface area (Å²) in [5.41, 5.74) is 7.40. The van der Waals surface area contributed by atoms with Crippen LogP contribution >= 0.6 is 11.3 Å². The Kier molecular flexibility index (Phi) is 5.20. The van der Waals surface area contributed by atoms with Gasteiger partial charge >= 0.3 is 0 Å². The topological polar surface area (TPSA) is 33.2 Å². The number of nitrogens with zero attached hydrogens (tertiary/aromatic N) is 2. The largest absolute Gasteiger partial charge is 0.279 e. The molecule has 146 valence electrons. The molecule has 0 fully saturated rings. The molecule has 4 heteroatoms. The second kappa shape index (κ2) is 7.80. The SMILES string of the molecule is Cc1cc(C)c2sc(N(Cc3ccccc3)C(=O)c3ccc(C)c(C)c3)nc2c1. The first-order valence-corrected chi connectivity index (χ1v) is 10.5. The lowest BCUT2D eigenvalue weighted by atomic mass is 10.1. The Morgan fingerprint density at radius 2 is 1.66 bits per heavy atom. The van der Waals surface area contributed by atoms with E-state index in [2.05, 4.69) is 32.9 Å². The lowest BCUT2D eigenvalue weighted by molar-refractivity contribution is 0.0985. The van der Waals surface area contributed by atoms with Gasteiger partial charge in [-0.1, -0.05) is 53.8 Å². The van der Waals surface area contributed by atoms with Gasteiger partial charge in [0.05, 0.1) is 16.8 Å². The third-order valence-electron chi connectivity index (χ3n) is 5.22. The summed E-state index contributed by atoms with van der Waals surface area (Å²) in [5, 5.41) is 0.737. The average Bonchev–Trinajstić information content (AvgIpc) is 3.12. The van der Waals surface area contributed by atoms with Crippen LogP contribution in [-0.2, 0) is 6.54 Å². The van der Waals surface area contributed by atoms with Crippen LogP contribution < -0.4 is 4.90 Å². The normalized spacial score (nSPS) is 11.0. The third kappa shape index (κ3) is 3.94. The van der Waals surface area contributed by atoms with E-state index in [4.69, 9.17) is 4.98 Å². The highest BCUT2D eigenvalue weighted by atomic mass is 32.1. The lowest BCUT2D eigenvalue weighted by Crippen LogP contribution is -2.30. The summed E-state index contributed by atoms with van der Waals surface area (Å²) in [5.74, 6) is -0.0228. The van der Waals surface area contributed by atoms with Crippen molar-refractivity contribution in [2.24, 2.45) is 0 Å². The van der Waals surface area contributed by atoms with Crippen LogP contribution in [0.5, 0.6) is 0 Å². The van der Waals surface area contributed by atoms with Gasteiger partial charge in [0.1, 0.15) is 0 Å². The minimum absolute atomic E-state index is 0.0228. The van der Waals surface area contributed by atoms with Crippen molar-refractivity contribution in [1.29, 1.82) is 0 Å². The number of fused-ring (bicyclic) bond motifs is 1. The van der Waals surface area contributed by atoms with Gasteiger partial charge in [0, 0.05) is 5.56 Å². The number of thiazole rings is 1. The second-order valence-corrected chi connectivity index (χ2v) is 8.58. The third-order valence-corrected chi connectivity index (χ3v) is 6.45. The first-order valence-electron chi connectivity index (χ1n) is 9.73. The Labute approximate surface area is 175 Å². The summed E-state index contributed by atoms with van der Waals surface area (Å²) in [6.45, 7) is 8.77. The average molecular weight is 401 g/mol. The highest BCUT2D eigenvalue weighted by Crippen LogP contribution is 2.33. The van der Waals surface area contributed by atoms with Crippen molar-refractivity contribution in [3.63, 3.8) is 0 Å². The van der Waals surface area contributed by atoms with E-state index in [1.54, 1.807) is 16.2 Å². The Morgan fingerprint density at radius 1 is 0.897 bits per heavy atom. The highest BCUT2D eigenvalue weighted by Gasteiger charge is 2.22. The van der Waals surface area contributed by atoms with Crippen LogP contribution in [0.2, 0.25) is 0 Å². The molecule has 0 unspecified atom stereocenters. The van der Waals surface area contributed by atoms with Gasteiger partial charge in [0.25, 0.3) is 5.91 Å². The first kappa shape index (κ1) is 19.3. The minimum Gasteiger partial charge on any atom is -0.279 e. The predicted molar refractivity (Wildman–Crippen MR) is 122 cm³/mol. The first-order chi connectivity index (χ1) is 13.9. The van der Waals surface area contributed by atoms with Gasteiger partial charge in [-0.05, 0) is 73.7 Å². The quantitative estimate of drug-likeness (QED) is 0.398. The highest BCUT2D eigenvalue weighted by molar-refractivity contribution is 7.22. The zero-order valence-electron chi connectivity index (χ0n) is 17.2. The van der Waals surface area contributed by atoms with E-state index in [0.29, 0.717) is 12.1 Å². The summed E-state index contributed by atoms with van der Waals surface area (Å²) in [6.07, 6.45) is 0. The number of benzene rings is 3. The second-order valence-electron chi connectivity index (χ2n) is 7.60. The van der Waals surface area contributed by atoms with Crippen LogP contribution in [0.25, 0.3) is 10.2 Å². The molecule has 0 saturated carbocycles. The minimum atomic E-state index is -0.0228. The number of hydrogen-bond acceptors (Lipinski definition) is 3. The molecule has 1 heterocycles. The zero-order chi connectivity index (χ0) is 20.5. The van der Waals surface area contributed by atoms with Gasteiger partial charge in [-0.15, -0.1) is 0 Å². The molecule has 0 N–H and O–H groups in total. The molecule has 3 aromatic carbocycles. The van der Waals surface area contributed by atoms with Crippen molar-refractivity contribution in [3.8, 4) is 0 Å². The summed E-state index contributed by atoms with van der Waals surface area (Å²) < 4.78 is 1.14. The van der Waals surface area contributed by atoms with Crippen LogP contribution in [0, 0.1) is 27.7 Å². The Balaban J connectivity index is 1.80. The number of carbonyl (C=O) groups excluding carboxylic acids is 1. The monoisotopic (exact) mass is 400 g/mol. The maximum Gasteiger partial charge on any atom is 0.260 e. The van der Waals surface area contributed by atoms with Gasteiger partial charge in [-0.2, -0.15) is 0 Å². The molecule has 3 nitrogen and oxygen atoms in total. The maximum absolute atomic E-state index is 13.5. The number of rotatable bonds is 4. The summed E-state index contributed by atoms with van der Waals surface area (Å²) >= 11 is 1.58. The lowest BCUT2D eigenvalue weighted by Gasteiger charge is -2.20. The van der Waals surface area contributed by atoms with E-state index in [9.17, 15) is 4.79 Å². The van der Waals surface area contributed by atoms with Crippen LogP contribution in [0.15, 0.2) is 60.7 Å². The molecule has 0 aliphatic heterocycles. The van der Waals surface area contributed by atoms with Crippen molar-refractivity contribution in [2.45, 2.75) is 34.2 Å². The van der Waals surface area contributed by atoms with Crippen LogP contribution in [0.3, 0.4) is 0 Å². The molecular formula is C25H24N2OS.